The van der Waals surface area contributed by atoms with Gasteiger partial charge in [0.15, 0.2) is 0 Å². The minimum atomic E-state index is 0.435. The number of nitrogens with one attached hydrogen (secondary N) is 1. The van der Waals surface area contributed by atoms with E-state index in [9.17, 15) is 0 Å². The van der Waals surface area contributed by atoms with Crippen LogP contribution in [0.1, 0.15) is 25.0 Å². The molecule has 3 heteroatoms. The van der Waals surface area contributed by atoms with Gasteiger partial charge in [-0.25, -0.2) is 0 Å². The summed E-state index contributed by atoms with van der Waals surface area (Å²) in [6.07, 6.45) is 4.24. The number of rotatable bonds is 4. The number of hydrogen-bond acceptors (Lipinski definition) is 3. The molecular formula is C16H19NO2. The summed E-state index contributed by atoms with van der Waals surface area (Å²) in [5.74, 6) is 1.82. The maximum atomic E-state index is 5.84. The second-order valence-electron chi connectivity index (χ2n) is 5.70. The largest absolute Gasteiger partial charge is 0.460 e. The molecule has 19 heavy (non-hydrogen) atoms. The van der Waals surface area contributed by atoms with Crippen molar-refractivity contribution >= 4 is 11.0 Å². The van der Waals surface area contributed by atoms with Gasteiger partial charge < -0.3 is 14.5 Å². The molecule has 100 valence electrons. The highest BCUT2D eigenvalue weighted by Gasteiger charge is 2.40. The number of hydrogen-bond donors (Lipinski definition) is 1. The Kier molecular flexibility index (Phi) is 2.82. The lowest BCUT2D eigenvalue weighted by atomic mass is 10.1. The Morgan fingerprint density at radius 3 is 2.89 bits per heavy atom. The van der Waals surface area contributed by atoms with E-state index in [1.165, 1.54) is 18.2 Å². The molecule has 0 spiro atoms. The van der Waals surface area contributed by atoms with Crippen LogP contribution in [0.3, 0.4) is 0 Å². The van der Waals surface area contributed by atoms with Crippen molar-refractivity contribution < 1.29 is 9.15 Å². The predicted molar refractivity (Wildman–Crippen MR) is 73.9 cm³/mol. The molecule has 1 N–H and O–H groups in total. The van der Waals surface area contributed by atoms with E-state index in [4.69, 9.17) is 9.15 Å². The molecule has 2 fully saturated rings. The average Bonchev–Trinajstić information content (AvgIpc) is 3.03. The quantitative estimate of drug-likeness (QED) is 0.914. The first kappa shape index (κ1) is 11.5. The number of benzene rings is 1. The topological polar surface area (TPSA) is 34.4 Å². The number of fused-ring (bicyclic) bond motifs is 1. The maximum Gasteiger partial charge on any atom is 0.134 e. The standard InChI is InChI=1S/C16H19NO2/c1-2-4-15-12(3-1)9-13(19-15)10-17-14-7-8-18-16(14)11-5-6-11/h1-4,9,11,14,16-17H,5-8,10H2. The monoisotopic (exact) mass is 257 g/mol. The third-order valence-electron chi connectivity index (χ3n) is 4.24. The van der Waals surface area contributed by atoms with Crippen molar-refractivity contribution in [3.8, 4) is 0 Å². The molecule has 0 amide bonds. The maximum absolute atomic E-state index is 5.84. The van der Waals surface area contributed by atoms with Crippen LogP contribution in [0.15, 0.2) is 34.7 Å². The lowest BCUT2D eigenvalue weighted by molar-refractivity contribution is 0.0806. The molecule has 1 aromatic carbocycles. The molecule has 3 nitrogen and oxygen atoms in total. The fourth-order valence-electron chi connectivity index (χ4n) is 3.07. The van der Waals surface area contributed by atoms with Gasteiger partial charge in [-0.3, -0.25) is 0 Å². The third-order valence-corrected chi connectivity index (χ3v) is 4.24. The summed E-state index contributed by atoms with van der Waals surface area (Å²) in [7, 11) is 0. The van der Waals surface area contributed by atoms with E-state index in [0.29, 0.717) is 12.1 Å². The Labute approximate surface area is 112 Å². The summed E-state index contributed by atoms with van der Waals surface area (Å²) in [6, 6.07) is 10.8. The molecule has 2 unspecified atom stereocenters. The Bertz CT molecular complexity index is 540. The molecule has 1 saturated carbocycles. The fourth-order valence-corrected chi connectivity index (χ4v) is 3.07. The van der Waals surface area contributed by atoms with Gasteiger partial charge in [0.25, 0.3) is 0 Å². The van der Waals surface area contributed by atoms with Gasteiger partial charge in [-0.15, -0.1) is 0 Å². The van der Waals surface area contributed by atoms with Crippen LogP contribution in [-0.2, 0) is 11.3 Å². The zero-order valence-electron chi connectivity index (χ0n) is 11.0. The van der Waals surface area contributed by atoms with Crippen molar-refractivity contribution in [1.29, 1.82) is 0 Å². The van der Waals surface area contributed by atoms with E-state index in [1.807, 2.05) is 18.2 Å². The predicted octanol–water partition coefficient (Wildman–Crippen LogP) is 3.09. The molecular weight excluding hydrogens is 238 g/mol. The summed E-state index contributed by atoms with van der Waals surface area (Å²) in [6.45, 7) is 1.70. The van der Waals surface area contributed by atoms with Crippen molar-refractivity contribution in [2.75, 3.05) is 6.61 Å². The normalized spacial score (nSPS) is 27.2. The summed E-state index contributed by atoms with van der Waals surface area (Å²) in [4.78, 5) is 0. The van der Waals surface area contributed by atoms with Crippen LogP contribution in [0, 0.1) is 5.92 Å². The highest BCUT2D eigenvalue weighted by atomic mass is 16.5. The Balaban J connectivity index is 1.43. The van der Waals surface area contributed by atoms with Gasteiger partial charge >= 0.3 is 0 Å². The molecule has 2 atom stereocenters. The molecule has 1 aromatic heterocycles. The lowest BCUT2D eigenvalue weighted by Crippen LogP contribution is -2.37. The smallest absolute Gasteiger partial charge is 0.134 e. The molecule has 2 aliphatic rings. The van der Waals surface area contributed by atoms with E-state index in [1.54, 1.807) is 0 Å². The van der Waals surface area contributed by atoms with Crippen LogP contribution in [-0.4, -0.2) is 18.8 Å². The molecule has 0 bridgehead atoms. The molecule has 2 heterocycles. The third kappa shape index (κ3) is 2.28. The van der Waals surface area contributed by atoms with Gasteiger partial charge in [-0.1, -0.05) is 18.2 Å². The fraction of sp³-hybridized carbons (Fsp3) is 0.500. The number of furan rings is 1. The second-order valence-corrected chi connectivity index (χ2v) is 5.70. The summed E-state index contributed by atoms with van der Waals surface area (Å²) >= 11 is 0. The van der Waals surface area contributed by atoms with Crippen molar-refractivity contribution in [3.63, 3.8) is 0 Å². The number of ether oxygens (including phenoxy) is 1. The van der Waals surface area contributed by atoms with Crippen molar-refractivity contribution in [1.82, 2.24) is 5.32 Å². The molecule has 1 saturated heterocycles. The van der Waals surface area contributed by atoms with E-state index in [-0.39, 0.29) is 0 Å². The van der Waals surface area contributed by atoms with Gasteiger partial charge in [0, 0.05) is 18.0 Å². The summed E-state index contributed by atoms with van der Waals surface area (Å²) in [5, 5.41) is 4.79. The van der Waals surface area contributed by atoms with Crippen LogP contribution in [0.5, 0.6) is 0 Å². The van der Waals surface area contributed by atoms with Gasteiger partial charge in [0.1, 0.15) is 11.3 Å². The zero-order chi connectivity index (χ0) is 12.7. The highest BCUT2D eigenvalue weighted by Crippen LogP contribution is 2.38. The van der Waals surface area contributed by atoms with Crippen LogP contribution < -0.4 is 5.32 Å². The first-order valence-corrected chi connectivity index (χ1v) is 7.22. The number of para-hydroxylation sites is 1. The average molecular weight is 257 g/mol. The zero-order valence-corrected chi connectivity index (χ0v) is 11.0. The molecule has 4 rings (SSSR count). The van der Waals surface area contributed by atoms with Gasteiger partial charge in [-0.05, 0) is 37.3 Å². The van der Waals surface area contributed by atoms with Crippen LogP contribution in [0.2, 0.25) is 0 Å². The van der Waals surface area contributed by atoms with Gasteiger partial charge in [0.2, 0.25) is 0 Å². The van der Waals surface area contributed by atoms with Gasteiger partial charge in [-0.2, -0.15) is 0 Å². The first-order valence-electron chi connectivity index (χ1n) is 7.22. The van der Waals surface area contributed by atoms with Crippen LogP contribution in [0.25, 0.3) is 11.0 Å². The molecule has 2 aromatic rings. The molecule has 1 aliphatic heterocycles. The lowest BCUT2D eigenvalue weighted by Gasteiger charge is -2.18. The Morgan fingerprint density at radius 2 is 2.05 bits per heavy atom. The second kappa shape index (κ2) is 4.66. The van der Waals surface area contributed by atoms with E-state index >= 15 is 0 Å². The van der Waals surface area contributed by atoms with Crippen LogP contribution >= 0.6 is 0 Å². The van der Waals surface area contributed by atoms with E-state index in [2.05, 4.69) is 17.4 Å². The van der Waals surface area contributed by atoms with Crippen molar-refractivity contribution in [2.45, 2.75) is 38.0 Å². The summed E-state index contributed by atoms with van der Waals surface area (Å²) in [5.41, 5.74) is 0.973. The SMILES string of the molecule is c1ccc2oc(CNC3CCOC3C3CC3)cc2c1. The molecule has 1 aliphatic carbocycles. The first-order chi connectivity index (χ1) is 9.40. The molecule has 0 radical (unpaired) electrons. The Hall–Kier alpha value is -1.32. The van der Waals surface area contributed by atoms with Gasteiger partial charge in [0.05, 0.1) is 12.6 Å². The van der Waals surface area contributed by atoms with Crippen molar-refractivity contribution in [2.24, 2.45) is 5.92 Å². The van der Waals surface area contributed by atoms with E-state index in [0.717, 1.165) is 36.8 Å². The highest BCUT2D eigenvalue weighted by molar-refractivity contribution is 5.77. The minimum absolute atomic E-state index is 0.435. The minimum Gasteiger partial charge on any atom is -0.460 e. The van der Waals surface area contributed by atoms with Crippen LogP contribution in [0.4, 0.5) is 0 Å². The Morgan fingerprint density at radius 1 is 1.16 bits per heavy atom. The van der Waals surface area contributed by atoms with Crippen molar-refractivity contribution in [3.05, 3.63) is 36.1 Å². The van der Waals surface area contributed by atoms with E-state index < -0.39 is 0 Å². The summed E-state index contributed by atoms with van der Waals surface area (Å²) < 4.78 is 11.7.